The van der Waals surface area contributed by atoms with E-state index in [9.17, 15) is 0 Å². The summed E-state index contributed by atoms with van der Waals surface area (Å²) in [6, 6.07) is 10.9. The van der Waals surface area contributed by atoms with Gasteiger partial charge >= 0.3 is 0 Å². The summed E-state index contributed by atoms with van der Waals surface area (Å²) in [4.78, 5) is 4.30. The van der Waals surface area contributed by atoms with E-state index in [0.717, 1.165) is 5.56 Å². The zero-order chi connectivity index (χ0) is 13.4. The van der Waals surface area contributed by atoms with Crippen LogP contribution in [0.3, 0.4) is 0 Å². The van der Waals surface area contributed by atoms with Gasteiger partial charge in [0.05, 0.1) is 23.5 Å². The number of aromatic nitrogens is 3. The molecule has 2 aromatic heterocycles. The Kier molecular flexibility index (Phi) is 2.86. The first kappa shape index (κ1) is 12.0. The van der Waals surface area contributed by atoms with Gasteiger partial charge in [-0.25, -0.2) is 9.50 Å². The molecule has 0 N–H and O–H groups in total. The van der Waals surface area contributed by atoms with E-state index in [2.05, 4.69) is 16.2 Å². The molecule has 0 fully saturated rings. The quantitative estimate of drug-likeness (QED) is 0.688. The average Bonchev–Trinajstić information content (AvgIpc) is 2.80. The van der Waals surface area contributed by atoms with Gasteiger partial charge in [-0.15, -0.1) is 0 Å². The van der Waals surface area contributed by atoms with Crippen molar-refractivity contribution in [2.24, 2.45) is 0 Å². The molecule has 3 rings (SSSR count). The molecule has 0 saturated heterocycles. The van der Waals surface area contributed by atoms with E-state index in [-0.39, 0.29) is 0 Å². The van der Waals surface area contributed by atoms with Crippen molar-refractivity contribution in [1.82, 2.24) is 14.6 Å². The third-order valence-corrected chi connectivity index (χ3v) is 3.13. The second kappa shape index (κ2) is 4.54. The molecule has 0 radical (unpaired) electrons. The summed E-state index contributed by atoms with van der Waals surface area (Å²) < 4.78 is 1.58. The van der Waals surface area contributed by atoms with Gasteiger partial charge in [-0.2, -0.15) is 10.4 Å². The number of nitrogens with zero attached hydrogens (tertiary/aromatic N) is 4. The Balaban J connectivity index is 2.22. The summed E-state index contributed by atoms with van der Waals surface area (Å²) in [5, 5.41) is 13.7. The minimum atomic E-state index is 0.319. The van der Waals surface area contributed by atoms with Crippen LogP contribution in [0.15, 0.2) is 36.5 Å². The molecule has 4 nitrogen and oxygen atoms in total. The molecule has 0 unspecified atom stereocenters. The van der Waals surface area contributed by atoms with Crippen LogP contribution < -0.4 is 0 Å². The van der Waals surface area contributed by atoms with E-state index in [1.807, 2.05) is 6.07 Å². The lowest BCUT2D eigenvalue weighted by atomic mass is 10.1. The third-order valence-electron chi connectivity index (χ3n) is 2.67. The Morgan fingerprint density at radius 3 is 2.84 bits per heavy atom. The Labute approximate surface area is 118 Å². The smallest absolute Gasteiger partial charge is 0.155 e. The number of fused-ring (bicyclic) bond motifs is 1. The van der Waals surface area contributed by atoms with Gasteiger partial charge in [0.2, 0.25) is 0 Å². The molecule has 0 bridgehead atoms. The van der Waals surface area contributed by atoms with Gasteiger partial charge in [-0.05, 0) is 12.1 Å². The average molecular weight is 289 g/mol. The van der Waals surface area contributed by atoms with Crippen LogP contribution in [0.4, 0.5) is 0 Å². The first-order valence-corrected chi connectivity index (χ1v) is 6.15. The van der Waals surface area contributed by atoms with Crippen molar-refractivity contribution in [1.29, 1.82) is 5.26 Å². The molecule has 0 atom stereocenters. The topological polar surface area (TPSA) is 54.0 Å². The van der Waals surface area contributed by atoms with Gasteiger partial charge in [0.25, 0.3) is 0 Å². The van der Waals surface area contributed by atoms with E-state index in [0.29, 0.717) is 27.1 Å². The highest BCUT2D eigenvalue weighted by Gasteiger charge is 2.09. The Hall–Kier alpha value is -2.09. The van der Waals surface area contributed by atoms with Crippen LogP contribution in [0, 0.1) is 11.3 Å². The van der Waals surface area contributed by atoms with Crippen molar-refractivity contribution in [3.8, 4) is 17.3 Å². The molecule has 6 heteroatoms. The van der Waals surface area contributed by atoms with Crippen molar-refractivity contribution < 1.29 is 0 Å². The summed E-state index contributed by atoms with van der Waals surface area (Å²) in [6.45, 7) is 0. The van der Waals surface area contributed by atoms with E-state index < -0.39 is 0 Å². The normalized spacial score (nSPS) is 10.6. The third kappa shape index (κ3) is 2.14. The molecule has 0 aliphatic heterocycles. The van der Waals surface area contributed by atoms with Crippen LogP contribution in [0.1, 0.15) is 5.56 Å². The van der Waals surface area contributed by atoms with Crippen molar-refractivity contribution in [3.05, 3.63) is 52.4 Å². The minimum Gasteiger partial charge on any atom is -0.234 e. The summed E-state index contributed by atoms with van der Waals surface area (Å²) in [5.41, 5.74) is 2.64. The van der Waals surface area contributed by atoms with Gasteiger partial charge in [-0.3, -0.25) is 0 Å². The molecule has 0 aliphatic carbocycles. The number of nitriles is 1. The lowest BCUT2D eigenvalue weighted by Gasteiger charge is -2.03. The van der Waals surface area contributed by atoms with E-state index >= 15 is 0 Å². The van der Waals surface area contributed by atoms with Gasteiger partial charge in [0.15, 0.2) is 10.3 Å². The molecule has 0 aliphatic rings. The Morgan fingerprint density at radius 1 is 1.21 bits per heavy atom. The SMILES string of the molecule is N#Cc1cccc(-c2cn3nc(Cl)cc3c(Cl)n2)c1. The molecule has 92 valence electrons. The highest BCUT2D eigenvalue weighted by atomic mass is 35.5. The fourth-order valence-electron chi connectivity index (χ4n) is 1.81. The van der Waals surface area contributed by atoms with Crippen molar-refractivity contribution in [2.45, 2.75) is 0 Å². The number of benzene rings is 1. The maximum atomic E-state index is 8.91. The monoisotopic (exact) mass is 288 g/mol. The summed E-state index contributed by atoms with van der Waals surface area (Å²) in [5.74, 6) is 0. The van der Waals surface area contributed by atoms with E-state index in [1.165, 1.54) is 0 Å². The molecular weight excluding hydrogens is 283 g/mol. The second-order valence-corrected chi connectivity index (χ2v) is 4.65. The fraction of sp³-hybridized carbons (Fsp3) is 0. The van der Waals surface area contributed by atoms with Gasteiger partial charge in [0, 0.05) is 11.6 Å². The van der Waals surface area contributed by atoms with Crippen LogP contribution in [-0.2, 0) is 0 Å². The van der Waals surface area contributed by atoms with Gasteiger partial charge < -0.3 is 0 Å². The molecule has 19 heavy (non-hydrogen) atoms. The van der Waals surface area contributed by atoms with Gasteiger partial charge in [0.1, 0.15) is 5.52 Å². The predicted molar refractivity (Wildman–Crippen MR) is 73.2 cm³/mol. The van der Waals surface area contributed by atoms with Crippen molar-refractivity contribution in [2.75, 3.05) is 0 Å². The molecule has 0 amide bonds. The predicted octanol–water partition coefficient (Wildman–Crippen LogP) is 3.57. The van der Waals surface area contributed by atoms with Crippen LogP contribution >= 0.6 is 23.2 Å². The second-order valence-electron chi connectivity index (χ2n) is 3.91. The largest absolute Gasteiger partial charge is 0.234 e. The standard InChI is InChI=1S/C13H6Cl2N4/c14-12-5-11-13(15)17-10(7-19(11)18-12)9-3-1-2-8(4-9)6-16/h1-5,7H. The maximum Gasteiger partial charge on any atom is 0.155 e. The lowest BCUT2D eigenvalue weighted by Crippen LogP contribution is -1.93. The summed E-state index contributed by atoms with van der Waals surface area (Å²) in [7, 11) is 0. The fourth-order valence-corrected chi connectivity index (χ4v) is 2.23. The van der Waals surface area contributed by atoms with Crippen molar-refractivity contribution >= 4 is 28.7 Å². The Bertz CT molecular complexity index is 817. The molecule has 1 aromatic carbocycles. The minimum absolute atomic E-state index is 0.319. The Morgan fingerprint density at radius 2 is 2.05 bits per heavy atom. The number of hydrogen-bond donors (Lipinski definition) is 0. The zero-order valence-electron chi connectivity index (χ0n) is 9.51. The highest BCUT2D eigenvalue weighted by Crippen LogP contribution is 2.24. The maximum absolute atomic E-state index is 8.91. The molecule has 0 saturated carbocycles. The van der Waals surface area contributed by atoms with Crippen LogP contribution in [0.2, 0.25) is 10.3 Å². The number of halogens is 2. The molecule has 2 heterocycles. The van der Waals surface area contributed by atoms with Crippen LogP contribution in [-0.4, -0.2) is 14.6 Å². The lowest BCUT2D eigenvalue weighted by molar-refractivity contribution is 0.949. The molecule has 0 spiro atoms. The number of rotatable bonds is 1. The van der Waals surface area contributed by atoms with Gasteiger partial charge in [-0.1, -0.05) is 35.3 Å². The van der Waals surface area contributed by atoms with E-state index in [4.69, 9.17) is 28.5 Å². The highest BCUT2D eigenvalue weighted by molar-refractivity contribution is 6.34. The first-order valence-electron chi connectivity index (χ1n) is 5.39. The van der Waals surface area contributed by atoms with E-state index in [1.54, 1.807) is 35.0 Å². The summed E-state index contributed by atoms with van der Waals surface area (Å²) in [6.07, 6.45) is 1.73. The van der Waals surface area contributed by atoms with Crippen molar-refractivity contribution in [3.63, 3.8) is 0 Å². The van der Waals surface area contributed by atoms with Crippen LogP contribution in [0.25, 0.3) is 16.8 Å². The summed E-state index contributed by atoms with van der Waals surface area (Å²) >= 11 is 11.9. The molecular formula is C13H6Cl2N4. The van der Waals surface area contributed by atoms with Crippen LogP contribution in [0.5, 0.6) is 0 Å². The zero-order valence-corrected chi connectivity index (χ0v) is 11.0. The molecule has 3 aromatic rings. The first-order chi connectivity index (χ1) is 9.17. The number of hydrogen-bond acceptors (Lipinski definition) is 3.